The molecule has 0 amide bonds. The molecular formula is C12H16O2. The third-order valence-corrected chi connectivity index (χ3v) is 1.83. The number of hydrogen-bond acceptors (Lipinski definition) is 2. The van der Waals surface area contributed by atoms with Crippen molar-refractivity contribution in [2.24, 2.45) is 0 Å². The Morgan fingerprint density at radius 1 is 1.71 bits per heavy atom. The predicted molar refractivity (Wildman–Crippen MR) is 57.0 cm³/mol. The highest BCUT2D eigenvalue weighted by Crippen LogP contribution is 2.22. The van der Waals surface area contributed by atoms with Crippen molar-refractivity contribution in [1.82, 2.24) is 0 Å². The first-order chi connectivity index (χ1) is 6.74. The van der Waals surface area contributed by atoms with Gasteiger partial charge in [0.1, 0.15) is 0 Å². The molecule has 0 fully saturated rings. The van der Waals surface area contributed by atoms with Crippen molar-refractivity contribution in [3.05, 3.63) is 49.0 Å². The zero-order valence-corrected chi connectivity index (χ0v) is 8.53. The molecule has 1 heterocycles. The number of hydrogen-bond donors (Lipinski definition) is 0. The van der Waals surface area contributed by atoms with Crippen LogP contribution in [-0.2, 0) is 4.74 Å². The van der Waals surface area contributed by atoms with E-state index >= 15 is 0 Å². The second-order valence-electron chi connectivity index (χ2n) is 3.34. The van der Waals surface area contributed by atoms with Crippen LogP contribution in [0.4, 0.5) is 0 Å². The largest absolute Gasteiger partial charge is 0.472 e. The van der Waals surface area contributed by atoms with Crippen LogP contribution in [0.15, 0.2) is 47.8 Å². The molecule has 0 bridgehead atoms. The molecule has 76 valence electrons. The summed E-state index contributed by atoms with van der Waals surface area (Å²) in [7, 11) is 0. The summed E-state index contributed by atoms with van der Waals surface area (Å²) < 4.78 is 10.7. The summed E-state index contributed by atoms with van der Waals surface area (Å²) in [6.07, 6.45) is 6.01. The molecule has 0 aliphatic heterocycles. The minimum Gasteiger partial charge on any atom is -0.472 e. The Balaban J connectivity index is 2.55. The zero-order valence-electron chi connectivity index (χ0n) is 8.53. The van der Waals surface area contributed by atoms with Gasteiger partial charge in [-0.1, -0.05) is 18.2 Å². The van der Waals surface area contributed by atoms with Crippen molar-refractivity contribution in [3.63, 3.8) is 0 Å². The third-order valence-electron chi connectivity index (χ3n) is 1.83. The van der Waals surface area contributed by atoms with E-state index in [1.165, 1.54) is 0 Å². The van der Waals surface area contributed by atoms with Gasteiger partial charge < -0.3 is 9.15 Å². The topological polar surface area (TPSA) is 22.4 Å². The minimum atomic E-state index is 0.0305. The summed E-state index contributed by atoms with van der Waals surface area (Å²) >= 11 is 0. The van der Waals surface area contributed by atoms with E-state index in [1.54, 1.807) is 12.5 Å². The average Bonchev–Trinajstić information content (AvgIpc) is 2.64. The lowest BCUT2D eigenvalue weighted by Gasteiger charge is -2.14. The highest BCUT2D eigenvalue weighted by atomic mass is 16.5. The molecule has 0 aliphatic rings. The van der Waals surface area contributed by atoms with Gasteiger partial charge in [0.15, 0.2) is 0 Å². The Hall–Kier alpha value is -1.28. The molecule has 0 unspecified atom stereocenters. The highest BCUT2D eigenvalue weighted by Gasteiger charge is 2.11. The van der Waals surface area contributed by atoms with Crippen LogP contribution >= 0.6 is 0 Å². The highest BCUT2D eigenvalue weighted by molar-refractivity contribution is 5.11. The smallest absolute Gasteiger partial charge is 0.0960 e. The van der Waals surface area contributed by atoms with E-state index in [1.807, 2.05) is 19.1 Å². The number of ether oxygens (including phenoxy) is 1. The standard InChI is InChI=1S/C12H16O2/c1-4-5-12(14-8-10(2)3)11-6-7-13-9-11/h4,6-7,9,12H,1-2,5,8H2,3H3/t12-/m0/s1. The van der Waals surface area contributed by atoms with Crippen LogP contribution in [0.3, 0.4) is 0 Å². The second kappa shape index (κ2) is 5.45. The molecule has 1 aromatic rings. The maximum Gasteiger partial charge on any atom is 0.0960 e. The van der Waals surface area contributed by atoms with E-state index < -0.39 is 0 Å². The molecule has 14 heavy (non-hydrogen) atoms. The SMILES string of the molecule is C=CC[C@H](OCC(=C)C)c1ccoc1. The lowest BCUT2D eigenvalue weighted by molar-refractivity contribution is 0.0715. The summed E-state index contributed by atoms with van der Waals surface area (Å²) in [5, 5.41) is 0. The molecule has 2 nitrogen and oxygen atoms in total. The van der Waals surface area contributed by atoms with E-state index in [0.29, 0.717) is 6.61 Å². The molecule has 0 spiro atoms. The molecule has 1 atom stereocenters. The summed E-state index contributed by atoms with van der Waals surface area (Å²) in [6.45, 7) is 10.0. The maximum absolute atomic E-state index is 5.66. The minimum absolute atomic E-state index is 0.0305. The molecular weight excluding hydrogens is 176 g/mol. The summed E-state index contributed by atoms with van der Waals surface area (Å²) in [6, 6.07) is 1.91. The van der Waals surface area contributed by atoms with E-state index in [4.69, 9.17) is 9.15 Å². The van der Waals surface area contributed by atoms with E-state index in [-0.39, 0.29) is 6.10 Å². The molecule has 1 rings (SSSR count). The molecule has 0 aromatic carbocycles. The van der Waals surface area contributed by atoms with Gasteiger partial charge in [-0.3, -0.25) is 0 Å². The summed E-state index contributed by atoms with van der Waals surface area (Å²) in [5.74, 6) is 0. The Morgan fingerprint density at radius 3 is 3.00 bits per heavy atom. The monoisotopic (exact) mass is 192 g/mol. The fourth-order valence-electron chi connectivity index (χ4n) is 1.15. The van der Waals surface area contributed by atoms with E-state index in [9.17, 15) is 0 Å². The summed E-state index contributed by atoms with van der Waals surface area (Å²) in [5.41, 5.74) is 2.06. The van der Waals surface area contributed by atoms with Crippen molar-refractivity contribution < 1.29 is 9.15 Å². The van der Waals surface area contributed by atoms with Crippen LogP contribution in [0.2, 0.25) is 0 Å². The van der Waals surface area contributed by atoms with Crippen LogP contribution in [-0.4, -0.2) is 6.61 Å². The molecule has 0 radical (unpaired) electrons. The molecule has 0 aliphatic carbocycles. The lowest BCUT2D eigenvalue weighted by atomic mass is 10.1. The van der Waals surface area contributed by atoms with Crippen LogP contribution in [0, 0.1) is 0 Å². The van der Waals surface area contributed by atoms with Crippen LogP contribution in [0.5, 0.6) is 0 Å². The van der Waals surface area contributed by atoms with Gasteiger partial charge in [0.05, 0.1) is 25.2 Å². The molecule has 1 aromatic heterocycles. The van der Waals surface area contributed by atoms with E-state index in [2.05, 4.69) is 13.2 Å². The number of furan rings is 1. The molecule has 2 heteroatoms. The Morgan fingerprint density at radius 2 is 2.50 bits per heavy atom. The quantitative estimate of drug-likeness (QED) is 0.644. The molecule has 0 saturated carbocycles. The third kappa shape index (κ3) is 3.23. The Labute approximate surface area is 84.9 Å². The van der Waals surface area contributed by atoms with Gasteiger partial charge in [0.2, 0.25) is 0 Å². The van der Waals surface area contributed by atoms with Crippen molar-refractivity contribution >= 4 is 0 Å². The van der Waals surface area contributed by atoms with Gasteiger partial charge in [0.25, 0.3) is 0 Å². The van der Waals surface area contributed by atoms with Crippen LogP contribution in [0.1, 0.15) is 25.0 Å². The first kappa shape index (κ1) is 10.8. The van der Waals surface area contributed by atoms with Gasteiger partial charge in [-0.15, -0.1) is 6.58 Å². The van der Waals surface area contributed by atoms with Crippen molar-refractivity contribution in [2.75, 3.05) is 6.61 Å². The normalized spacial score (nSPS) is 12.4. The zero-order chi connectivity index (χ0) is 10.4. The van der Waals surface area contributed by atoms with Crippen molar-refractivity contribution in [2.45, 2.75) is 19.4 Å². The fourth-order valence-corrected chi connectivity index (χ4v) is 1.15. The van der Waals surface area contributed by atoms with Gasteiger partial charge in [0, 0.05) is 5.56 Å². The van der Waals surface area contributed by atoms with E-state index in [0.717, 1.165) is 17.6 Å². The van der Waals surface area contributed by atoms with Crippen molar-refractivity contribution in [1.29, 1.82) is 0 Å². The van der Waals surface area contributed by atoms with Crippen LogP contribution in [0.25, 0.3) is 0 Å². The second-order valence-corrected chi connectivity index (χ2v) is 3.34. The Bertz CT molecular complexity index is 285. The molecule has 0 saturated heterocycles. The van der Waals surface area contributed by atoms with Gasteiger partial charge in [-0.05, 0) is 19.4 Å². The first-order valence-corrected chi connectivity index (χ1v) is 4.63. The van der Waals surface area contributed by atoms with Crippen molar-refractivity contribution in [3.8, 4) is 0 Å². The first-order valence-electron chi connectivity index (χ1n) is 4.63. The average molecular weight is 192 g/mol. The van der Waals surface area contributed by atoms with Crippen LogP contribution < -0.4 is 0 Å². The maximum atomic E-state index is 5.66. The van der Waals surface area contributed by atoms with Gasteiger partial charge in [-0.2, -0.15) is 0 Å². The van der Waals surface area contributed by atoms with Gasteiger partial charge in [-0.25, -0.2) is 0 Å². The van der Waals surface area contributed by atoms with Gasteiger partial charge >= 0.3 is 0 Å². The Kier molecular flexibility index (Phi) is 4.20. The summed E-state index contributed by atoms with van der Waals surface area (Å²) in [4.78, 5) is 0. The molecule has 0 N–H and O–H groups in total. The fraction of sp³-hybridized carbons (Fsp3) is 0.333. The lowest BCUT2D eigenvalue weighted by Crippen LogP contribution is -2.04. The number of rotatable bonds is 6. The predicted octanol–water partition coefficient (Wildman–Crippen LogP) is 3.49.